The Labute approximate surface area is 177 Å². The Morgan fingerprint density at radius 3 is 2.61 bits per heavy atom. The number of anilines is 1. The predicted octanol–water partition coefficient (Wildman–Crippen LogP) is 4.74. The summed E-state index contributed by atoms with van der Waals surface area (Å²) >= 11 is 13.5. The Morgan fingerprint density at radius 2 is 1.89 bits per heavy atom. The van der Waals surface area contributed by atoms with Gasteiger partial charge in [-0.25, -0.2) is 0 Å². The fourth-order valence-corrected chi connectivity index (χ4v) is 3.71. The Balaban J connectivity index is 1.59. The van der Waals surface area contributed by atoms with Crippen LogP contribution < -0.4 is 10.1 Å². The van der Waals surface area contributed by atoms with Gasteiger partial charge in [0, 0.05) is 12.2 Å². The van der Waals surface area contributed by atoms with E-state index in [9.17, 15) is 4.79 Å². The Kier molecular flexibility index (Phi) is 6.85. The summed E-state index contributed by atoms with van der Waals surface area (Å²) in [7, 11) is 3.53. The second-order valence-corrected chi connectivity index (χ2v) is 7.92. The van der Waals surface area contributed by atoms with E-state index in [1.54, 1.807) is 37.4 Å². The van der Waals surface area contributed by atoms with Crippen molar-refractivity contribution in [1.29, 1.82) is 0 Å². The fraction of sp³-hybridized carbons (Fsp3) is 0.211. The van der Waals surface area contributed by atoms with Gasteiger partial charge in [0.05, 0.1) is 23.7 Å². The van der Waals surface area contributed by atoms with Crippen molar-refractivity contribution in [3.05, 3.63) is 68.1 Å². The van der Waals surface area contributed by atoms with Crippen LogP contribution in [0.4, 0.5) is 5.69 Å². The zero-order valence-corrected chi connectivity index (χ0v) is 17.6. The van der Waals surface area contributed by atoms with Gasteiger partial charge in [-0.3, -0.25) is 9.69 Å². The first kappa shape index (κ1) is 20.5. The first-order chi connectivity index (χ1) is 13.5. The molecule has 0 spiro atoms. The van der Waals surface area contributed by atoms with Gasteiger partial charge >= 0.3 is 0 Å². The smallest absolute Gasteiger partial charge is 0.286 e. The van der Waals surface area contributed by atoms with Gasteiger partial charge in [0.1, 0.15) is 10.8 Å². The van der Waals surface area contributed by atoms with E-state index in [-0.39, 0.29) is 5.91 Å². The van der Waals surface area contributed by atoms with E-state index in [0.29, 0.717) is 33.8 Å². The number of benzene rings is 2. The largest absolute Gasteiger partial charge is 0.497 e. The number of methoxy groups -OCH3 is 1. The molecule has 0 aliphatic carbocycles. The summed E-state index contributed by atoms with van der Waals surface area (Å²) in [6.45, 7) is 1.14. The molecule has 0 fully saturated rings. The van der Waals surface area contributed by atoms with Gasteiger partial charge in [0.2, 0.25) is 5.01 Å². The quantitative estimate of drug-likeness (QED) is 0.579. The van der Waals surface area contributed by atoms with Crippen molar-refractivity contribution in [3.8, 4) is 5.75 Å². The summed E-state index contributed by atoms with van der Waals surface area (Å²) in [6.07, 6.45) is 0. The first-order valence-corrected chi connectivity index (χ1v) is 9.92. The average molecular weight is 437 g/mol. The number of ether oxygens (including phenoxy) is 1. The highest BCUT2D eigenvalue weighted by atomic mass is 35.5. The fourth-order valence-electron chi connectivity index (χ4n) is 2.52. The maximum Gasteiger partial charge on any atom is 0.286 e. The lowest BCUT2D eigenvalue weighted by Crippen LogP contribution is -2.17. The number of nitrogens with one attached hydrogen (secondary N) is 1. The van der Waals surface area contributed by atoms with Gasteiger partial charge in [0.15, 0.2) is 0 Å². The second kappa shape index (κ2) is 9.34. The first-order valence-electron chi connectivity index (χ1n) is 8.35. The molecule has 0 saturated carbocycles. The summed E-state index contributed by atoms with van der Waals surface area (Å²) < 4.78 is 5.10. The molecular weight excluding hydrogens is 419 g/mol. The number of rotatable bonds is 7. The van der Waals surface area contributed by atoms with E-state index in [1.807, 2.05) is 24.1 Å². The molecule has 0 aliphatic heterocycles. The topological polar surface area (TPSA) is 67.3 Å². The van der Waals surface area contributed by atoms with Crippen molar-refractivity contribution in [1.82, 2.24) is 15.1 Å². The highest BCUT2D eigenvalue weighted by Crippen LogP contribution is 2.26. The molecule has 0 bridgehead atoms. The zero-order chi connectivity index (χ0) is 20.1. The molecule has 28 heavy (non-hydrogen) atoms. The third-order valence-corrected chi connectivity index (χ3v) is 5.65. The molecule has 3 rings (SSSR count). The molecule has 0 unspecified atom stereocenters. The third-order valence-electron chi connectivity index (χ3n) is 3.89. The minimum absolute atomic E-state index is 0.297. The maximum atomic E-state index is 12.4. The molecule has 0 radical (unpaired) electrons. The van der Waals surface area contributed by atoms with Crippen LogP contribution in [0.25, 0.3) is 0 Å². The minimum atomic E-state index is -0.297. The van der Waals surface area contributed by atoms with Crippen molar-refractivity contribution in [2.45, 2.75) is 13.1 Å². The van der Waals surface area contributed by atoms with Crippen molar-refractivity contribution in [2.24, 2.45) is 0 Å². The van der Waals surface area contributed by atoms with Gasteiger partial charge in [-0.15, -0.1) is 10.2 Å². The molecule has 1 heterocycles. The summed E-state index contributed by atoms with van der Waals surface area (Å²) in [5.41, 5.74) is 1.59. The summed E-state index contributed by atoms with van der Waals surface area (Å²) in [5, 5.41) is 13.0. The van der Waals surface area contributed by atoms with Gasteiger partial charge in [0.25, 0.3) is 5.91 Å². The summed E-state index contributed by atoms with van der Waals surface area (Å²) in [6, 6.07) is 12.6. The van der Waals surface area contributed by atoms with Crippen LogP contribution in [0.1, 0.15) is 20.4 Å². The van der Waals surface area contributed by atoms with Gasteiger partial charge in [-0.05, 0) is 42.9 Å². The molecule has 146 valence electrons. The molecular formula is C19H18Cl2N4O2S. The number of halogens is 2. The minimum Gasteiger partial charge on any atom is -0.497 e. The Morgan fingerprint density at radius 1 is 1.14 bits per heavy atom. The molecule has 0 aliphatic rings. The molecule has 1 N–H and O–H groups in total. The lowest BCUT2D eigenvalue weighted by atomic mass is 10.2. The van der Waals surface area contributed by atoms with E-state index in [0.717, 1.165) is 16.3 Å². The number of carbonyl (C=O) groups is 1. The number of carbonyl (C=O) groups excluding carboxylic acids is 1. The van der Waals surface area contributed by atoms with Crippen molar-refractivity contribution in [3.63, 3.8) is 0 Å². The summed E-state index contributed by atoms with van der Waals surface area (Å²) in [5.74, 6) is 0.425. The van der Waals surface area contributed by atoms with Crippen LogP contribution in [0.2, 0.25) is 10.0 Å². The standard InChI is InChI=1S/C19H18Cl2N4O2S/c1-25(10-12-4-3-5-15(20)17(12)21)11-16-23-24-19(28-16)18(26)22-13-6-8-14(27-2)9-7-13/h3-9H,10-11H2,1-2H3,(H,22,26). The molecule has 1 aromatic heterocycles. The van der Waals surface area contributed by atoms with Crippen LogP contribution in [0, 0.1) is 0 Å². The van der Waals surface area contributed by atoms with E-state index in [2.05, 4.69) is 15.5 Å². The lowest BCUT2D eigenvalue weighted by molar-refractivity contribution is 0.102. The van der Waals surface area contributed by atoms with E-state index in [1.165, 1.54) is 11.3 Å². The highest BCUT2D eigenvalue weighted by molar-refractivity contribution is 7.13. The van der Waals surface area contributed by atoms with Crippen LogP contribution in [0.15, 0.2) is 42.5 Å². The van der Waals surface area contributed by atoms with Crippen molar-refractivity contribution >= 4 is 46.1 Å². The number of hydrogen-bond acceptors (Lipinski definition) is 6. The van der Waals surface area contributed by atoms with Gasteiger partial charge in [-0.2, -0.15) is 0 Å². The van der Waals surface area contributed by atoms with E-state index in [4.69, 9.17) is 27.9 Å². The van der Waals surface area contributed by atoms with Crippen LogP contribution >= 0.6 is 34.5 Å². The molecule has 1 amide bonds. The normalized spacial score (nSPS) is 10.9. The molecule has 0 atom stereocenters. The zero-order valence-electron chi connectivity index (χ0n) is 15.3. The van der Waals surface area contributed by atoms with E-state index >= 15 is 0 Å². The van der Waals surface area contributed by atoms with Crippen LogP contribution in [-0.4, -0.2) is 35.2 Å². The SMILES string of the molecule is COc1ccc(NC(=O)c2nnc(CN(C)Cc3cccc(Cl)c3Cl)s2)cc1. The molecule has 9 heteroatoms. The number of nitrogens with zero attached hydrogens (tertiary/aromatic N) is 3. The molecule has 3 aromatic rings. The predicted molar refractivity (Wildman–Crippen MR) is 112 cm³/mol. The van der Waals surface area contributed by atoms with Crippen molar-refractivity contribution < 1.29 is 9.53 Å². The maximum absolute atomic E-state index is 12.4. The highest BCUT2D eigenvalue weighted by Gasteiger charge is 2.15. The monoisotopic (exact) mass is 436 g/mol. The molecule has 0 saturated heterocycles. The van der Waals surface area contributed by atoms with E-state index < -0.39 is 0 Å². The molecule has 6 nitrogen and oxygen atoms in total. The Hall–Kier alpha value is -2.19. The number of hydrogen-bond donors (Lipinski definition) is 1. The lowest BCUT2D eigenvalue weighted by Gasteiger charge is -2.16. The van der Waals surface area contributed by atoms with Crippen LogP contribution in [0.5, 0.6) is 5.75 Å². The van der Waals surface area contributed by atoms with Gasteiger partial charge in [-0.1, -0.05) is 46.7 Å². The summed E-state index contributed by atoms with van der Waals surface area (Å²) in [4.78, 5) is 14.4. The van der Waals surface area contributed by atoms with Crippen molar-refractivity contribution in [2.75, 3.05) is 19.5 Å². The Bertz CT molecular complexity index is 963. The molecule has 2 aromatic carbocycles. The van der Waals surface area contributed by atoms with Crippen LogP contribution in [-0.2, 0) is 13.1 Å². The van der Waals surface area contributed by atoms with Crippen LogP contribution in [0.3, 0.4) is 0 Å². The van der Waals surface area contributed by atoms with Gasteiger partial charge < -0.3 is 10.1 Å². The third kappa shape index (κ3) is 5.20. The number of amides is 1. The number of aromatic nitrogens is 2. The second-order valence-electron chi connectivity index (χ2n) is 6.07. The average Bonchev–Trinajstić information content (AvgIpc) is 3.14.